The SMILES string of the molecule is CCNC(=NCc1ccc(C(=O)N(C)C)cc1)NCc1nccc2ccccc12. The van der Waals surface area contributed by atoms with Gasteiger partial charge in [-0.3, -0.25) is 9.78 Å². The van der Waals surface area contributed by atoms with Gasteiger partial charge in [0.15, 0.2) is 5.96 Å². The number of hydrogen-bond donors (Lipinski definition) is 2. The standard InChI is InChI=1S/C23H27N5O/c1-4-24-23(26-15-17-9-11-19(12-10-17)22(29)28(2)3)27-16-21-20-8-6-5-7-18(20)13-14-25-21/h5-14H,4,15-16H2,1-3H3,(H2,24,26,27). The fourth-order valence-electron chi connectivity index (χ4n) is 3.01. The highest BCUT2D eigenvalue weighted by Crippen LogP contribution is 2.16. The molecule has 0 unspecified atom stereocenters. The number of aromatic nitrogens is 1. The van der Waals surface area contributed by atoms with E-state index in [-0.39, 0.29) is 5.91 Å². The van der Waals surface area contributed by atoms with Crippen LogP contribution in [0.4, 0.5) is 0 Å². The first-order valence-electron chi connectivity index (χ1n) is 9.74. The largest absolute Gasteiger partial charge is 0.357 e. The van der Waals surface area contributed by atoms with Crippen molar-refractivity contribution in [1.82, 2.24) is 20.5 Å². The van der Waals surface area contributed by atoms with Crippen LogP contribution in [0.1, 0.15) is 28.5 Å². The van der Waals surface area contributed by atoms with Gasteiger partial charge in [-0.2, -0.15) is 0 Å². The predicted octanol–water partition coefficient (Wildman–Crippen LogP) is 3.19. The molecule has 0 aliphatic rings. The van der Waals surface area contributed by atoms with Crippen LogP contribution in [0.3, 0.4) is 0 Å². The summed E-state index contributed by atoms with van der Waals surface area (Å²) in [4.78, 5) is 22.7. The van der Waals surface area contributed by atoms with Crippen molar-refractivity contribution < 1.29 is 4.79 Å². The van der Waals surface area contributed by atoms with Gasteiger partial charge in [0.05, 0.1) is 18.8 Å². The third-order valence-corrected chi connectivity index (χ3v) is 4.55. The molecule has 0 fully saturated rings. The van der Waals surface area contributed by atoms with Crippen LogP contribution >= 0.6 is 0 Å². The molecule has 0 atom stereocenters. The molecule has 0 aliphatic carbocycles. The van der Waals surface area contributed by atoms with E-state index in [1.54, 1.807) is 19.0 Å². The highest BCUT2D eigenvalue weighted by atomic mass is 16.2. The molecule has 6 nitrogen and oxygen atoms in total. The highest BCUT2D eigenvalue weighted by molar-refractivity contribution is 5.93. The second-order valence-electron chi connectivity index (χ2n) is 6.92. The summed E-state index contributed by atoms with van der Waals surface area (Å²) in [7, 11) is 3.50. The van der Waals surface area contributed by atoms with E-state index < -0.39 is 0 Å². The number of carbonyl (C=O) groups is 1. The summed E-state index contributed by atoms with van der Waals surface area (Å²) in [6.45, 7) is 3.91. The summed E-state index contributed by atoms with van der Waals surface area (Å²) < 4.78 is 0. The van der Waals surface area contributed by atoms with Crippen molar-refractivity contribution >= 4 is 22.6 Å². The number of benzene rings is 2. The molecule has 6 heteroatoms. The fraction of sp³-hybridized carbons (Fsp3) is 0.261. The molecule has 0 saturated carbocycles. The smallest absolute Gasteiger partial charge is 0.253 e. The number of nitrogens with zero attached hydrogens (tertiary/aromatic N) is 3. The third-order valence-electron chi connectivity index (χ3n) is 4.55. The lowest BCUT2D eigenvalue weighted by Gasteiger charge is -2.13. The zero-order chi connectivity index (χ0) is 20.6. The Hall–Kier alpha value is -3.41. The van der Waals surface area contributed by atoms with Crippen molar-refractivity contribution in [1.29, 1.82) is 0 Å². The van der Waals surface area contributed by atoms with Gasteiger partial charge in [0, 0.05) is 37.8 Å². The number of nitrogens with one attached hydrogen (secondary N) is 2. The molecule has 3 aromatic rings. The minimum Gasteiger partial charge on any atom is -0.357 e. The van der Waals surface area contributed by atoms with Crippen molar-refractivity contribution in [2.75, 3.05) is 20.6 Å². The van der Waals surface area contributed by atoms with Gasteiger partial charge in [-0.1, -0.05) is 36.4 Å². The van der Waals surface area contributed by atoms with Crippen LogP contribution < -0.4 is 10.6 Å². The summed E-state index contributed by atoms with van der Waals surface area (Å²) in [5.41, 5.74) is 2.70. The maximum absolute atomic E-state index is 12.0. The van der Waals surface area contributed by atoms with E-state index in [1.165, 1.54) is 5.39 Å². The molecule has 3 rings (SSSR count). The normalized spacial score (nSPS) is 11.3. The summed E-state index contributed by atoms with van der Waals surface area (Å²) in [6.07, 6.45) is 1.83. The average Bonchev–Trinajstić information content (AvgIpc) is 2.75. The zero-order valence-electron chi connectivity index (χ0n) is 17.1. The number of fused-ring (bicyclic) bond motifs is 1. The van der Waals surface area contributed by atoms with E-state index >= 15 is 0 Å². The van der Waals surface area contributed by atoms with Gasteiger partial charge in [-0.15, -0.1) is 0 Å². The van der Waals surface area contributed by atoms with Crippen molar-refractivity contribution in [2.45, 2.75) is 20.0 Å². The zero-order valence-corrected chi connectivity index (χ0v) is 17.1. The summed E-state index contributed by atoms with van der Waals surface area (Å²) in [6, 6.07) is 17.8. The number of guanidine groups is 1. The molecular weight excluding hydrogens is 362 g/mol. The maximum Gasteiger partial charge on any atom is 0.253 e. The number of aliphatic imine (C=N–C) groups is 1. The molecule has 0 spiro atoms. The topological polar surface area (TPSA) is 69.6 Å². The molecule has 150 valence electrons. The van der Waals surface area contributed by atoms with Crippen molar-refractivity contribution in [3.8, 4) is 0 Å². The minimum atomic E-state index is -0.00218. The molecule has 2 aromatic carbocycles. The van der Waals surface area contributed by atoms with E-state index in [9.17, 15) is 4.79 Å². The molecule has 0 radical (unpaired) electrons. The van der Waals surface area contributed by atoms with E-state index in [4.69, 9.17) is 0 Å². The molecule has 0 bridgehead atoms. The number of pyridine rings is 1. The van der Waals surface area contributed by atoms with Gasteiger partial charge in [-0.25, -0.2) is 4.99 Å². The summed E-state index contributed by atoms with van der Waals surface area (Å²) in [5, 5.41) is 8.94. The molecule has 0 saturated heterocycles. The molecule has 1 amide bonds. The molecule has 2 N–H and O–H groups in total. The van der Waals surface area contributed by atoms with Crippen LogP contribution in [0.2, 0.25) is 0 Å². The second kappa shape index (κ2) is 9.68. The van der Waals surface area contributed by atoms with Gasteiger partial charge in [-0.05, 0) is 36.1 Å². The number of carbonyl (C=O) groups excluding carboxylic acids is 1. The monoisotopic (exact) mass is 389 g/mol. The van der Waals surface area contributed by atoms with Gasteiger partial charge in [0.25, 0.3) is 5.91 Å². The van der Waals surface area contributed by atoms with E-state index in [2.05, 4.69) is 32.7 Å². The Kier molecular flexibility index (Phi) is 6.79. The Balaban J connectivity index is 1.67. The van der Waals surface area contributed by atoms with E-state index in [0.29, 0.717) is 18.7 Å². The van der Waals surface area contributed by atoms with Crippen LogP contribution in [0.25, 0.3) is 10.8 Å². The average molecular weight is 390 g/mol. The lowest BCUT2D eigenvalue weighted by molar-refractivity contribution is 0.0827. The van der Waals surface area contributed by atoms with Crippen molar-refractivity contribution in [3.05, 3.63) is 77.6 Å². The lowest BCUT2D eigenvalue weighted by Crippen LogP contribution is -2.37. The highest BCUT2D eigenvalue weighted by Gasteiger charge is 2.07. The van der Waals surface area contributed by atoms with Gasteiger partial charge in [0.1, 0.15) is 0 Å². The van der Waals surface area contributed by atoms with Gasteiger partial charge in [0.2, 0.25) is 0 Å². The molecule has 0 aliphatic heterocycles. The van der Waals surface area contributed by atoms with Crippen LogP contribution in [0.15, 0.2) is 65.8 Å². The van der Waals surface area contributed by atoms with E-state index in [0.717, 1.165) is 29.1 Å². The van der Waals surface area contributed by atoms with Crippen LogP contribution in [-0.2, 0) is 13.1 Å². The first-order chi connectivity index (χ1) is 14.1. The number of amides is 1. The Morgan fingerprint density at radius 1 is 1.03 bits per heavy atom. The van der Waals surface area contributed by atoms with Gasteiger partial charge >= 0.3 is 0 Å². The fourth-order valence-corrected chi connectivity index (χ4v) is 3.01. The van der Waals surface area contributed by atoms with Crippen LogP contribution in [0.5, 0.6) is 0 Å². The Labute approximate surface area is 171 Å². The minimum absolute atomic E-state index is 0.00218. The molecular formula is C23H27N5O. The Morgan fingerprint density at radius 2 is 1.79 bits per heavy atom. The second-order valence-corrected chi connectivity index (χ2v) is 6.92. The summed E-state index contributed by atoms with van der Waals surface area (Å²) in [5.74, 6) is 0.730. The maximum atomic E-state index is 12.0. The lowest BCUT2D eigenvalue weighted by atomic mass is 10.1. The van der Waals surface area contributed by atoms with Crippen LogP contribution in [-0.4, -0.2) is 42.4 Å². The third kappa shape index (κ3) is 5.31. The Morgan fingerprint density at radius 3 is 2.52 bits per heavy atom. The number of rotatable bonds is 6. The van der Waals surface area contributed by atoms with Crippen molar-refractivity contribution in [2.24, 2.45) is 4.99 Å². The van der Waals surface area contributed by atoms with Gasteiger partial charge < -0.3 is 15.5 Å². The van der Waals surface area contributed by atoms with E-state index in [1.807, 2.05) is 55.6 Å². The first kappa shape index (κ1) is 20.3. The quantitative estimate of drug-likeness (QED) is 0.502. The Bertz CT molecular complexity index is 990. The molecule has 29 heavy (non-hydrogen) atoms. The molecule has 1 heterocycles. The predicted molar refractivity (Wildman–Crippen MR) is 118 cm³/mol. The van der Waals surface area contributed by atoms with Crippen molar-refractivity contribution in [3.63, 3.8) is 0 Å². The number of hydrogen-bond acceptors (Lipinski definition) is 3. The molecule has 1 aromatic heterocycles. The van der Waals surface area contributed by atoms with Crippen LogP contribution in [0, 0.1) is 0 Å². The summed E-state index contributed by atoms with van der Waals surface area (Å²) >= 11 is 0. The first-order valence-corrected chi connectivity index (χ1v) is 9.74.